The smallest absolute Gasteiger partial charge is 0.223 e. The number of hydrogen-bond donors (Lipinski definition) is 1. The van der Waals surface area contributed by atoms with E-state index in [1.54, 1.807) is 17.5 Å². The fraction of sp³-hybridized carbons (Fsp3) is 0.412. The van der Waals surface area contributed by atoms with Gasteiger partial charge in [-0.2, -0.15) is 11.3 Å². The third-order valence-corrected chi connectivity index (χ3v) is 6.40. The van der Waals surface area contributed by atoms with Crippen LogP contribution < -0.4 is 5.32 Å². The molecule has 0 aromatic carbocycles. The van der Waals surface area contributed by atoms with E-state index in [1.807, 2.05) is 23.7 Å². The topological polar surface area (TPSA) is 79.4 Å². The predicted octanol–water partition coefficient (Wildman–Crippen LogP) is 2.10. The molecule has 0 saturated carbocycles. The van der Waals surface area contributed by atoms with E-state index in [9.17, 15) is 13.2 Å². The summed E-state index contributed by atoms with van der Waals surface area (Å²) in [6, 6.07) is 4.07. The number of nitrogens with zero attached hydrogens (tertiary/aromatic N) is 2. The van der Waals surface area contributed by atoms with Crippen LogP contribution in [0.3, 0.4) is 0 Å². The van der Waals surface area contributed by atoms with Crippen LogP contribution in [-0.2, 0) is 21.4 Å². The Hall–Kier alpha value is -1.77. The predicted molar refractivity (Wildman–Crippen MR) is 98.5 cm³/mol. The van der Waals surface area contributed by atoms with E-state index >= 15 is 0 Å². The van der Waals surface area contributed by atoms with Crippen molar-refractivity contribution in [2.45, 2.75) is 19.4 Å². The summed E-state index contributed by atoms with van der Waals surface area (Å²) in [5.41, 5.74) is 3.11. The number of carbonyl (C=O) groups is 1. The second-order valence-electron chi connectivity index (χ2n) is 6.25. The number of rotatable bonds is 5. The minimum Gasteiger partial charge on any atom is -0.352 e. The Balaban J connectivity index is 1.54. The van der Waals surface area contributed by atoms with Gasteiger partial charge in [-0.05, 0) is 46.9 Å². The molecule has 1 fully saturated rings. The van der Waals surface area contributed by atoms with Crippen LogP contribution in [0.5, 0.6) is 0 Å². The molecule has 3 rings (SSSR count). The highest BCUT2D eigenvalue weighted by Crippen LogP contribution is 2.22. The van der Waals surface area contributed by atoms with Crippen molar-refractivity contribution in [2.75, 3.05) is 19.3 Å². The van der Waals surface area contributed by atoms with Gasteiger partial charge in [0, 0.05) is 43.5 Å². The summed E-state index contributed by atoms with van der Waals surface area (Å²) in [4.78, 5) is 16.6. The standard InChI is InChI=1S/C17H21N3O3S2/c1-25(22,23)20-5-2-14(3-6-20)17(21)19-10-13-8-16(11-18-9-13)15-4-7-24-12-15/h4,7-9,11-12,14H,2-3,5-6,10H2,1H3,(H,19,21). The van der Waals surface area contributed by atoms with Gasteiger partial charge >= 0.3 is 0 Å². The van der Waals surface area contributed by atoms with Gasteiger partial charge in [0.05, 0.1) is 6.26 Å². The van der Waals surface area contributed by atoms with Gasteiger partial charge in [0.15, 0.2) is 0 Å². The summed E-state index contributed by atoms with van der Waals surface area (Å²) in [5.74, 6) is -0.153. The van der Waals surface area contributed by atoms with Crippen molar-refractivity contribution in [3.63, 3.8) is 0 Å². The zero-order valence-corrected chi connectivity index (χ0v) is 15.6. The van der Waals surface area contributed by atoms with Crippen LogP contribution >= 0.6 is 11.3 Å². The van der Waals surface area contributed by atoms with E-state index in [1.165, 1.54) is 10.6 Å². The van der Waals surface area contributed by atoms with Crippen LogP contribution in [0.4, 0.5) is 0 Å². The van der Waals surface area contributed by atoms with Crippen molar-refractivity contribution in [3.05, 3.63) is 40.8 Å². The fourth-order valence-electron chi connectivity index (χ4n) is 2.95. The number of piperidine rings is 1. The molecule has 2 aromatic heterocycles. The molecule has 0 spiro atoms. The molecule has 2 aromatic rings. The average Bonchev–Trinajstić information content (AvgIpc) is 3.14. The van der Waals surface area contributed by atoms with Gasteiger partial charge in [-0.15, -0.1) is 0 Å². The molecule has 0 atom stereocenters. The normalized spacial score (nSPS) is 16.7. The Morgan fingerprint density at radius 3 is 2.72 bits per heavy atom. The van der Waals surface area contributed by atoms with Gasteiger partial charge in [0.2, 0.25) is 15.9 Å². The number of pyridine rings is 1. The van der Waals surface area contributed by atoms with Gasteiger partial charge in [-0.3, -0.25) is 9.78 Å². The van der Waals surface area contributed by atoms with Crippen molar-refractivity contribution >= 4 is 27.3 Å². The molecular weight excluding hydrogens is 358 g/mol. The van der Waals surface area contributed by atoms with Crippen LogP contribution in [-0.4, -0.2) is 43.0 Å². The van der Waals surface area contributed by atoms with Crippen LogP contribution in [0.2, 0.25) is 0 Å². The molecule has 3 heterocycles. The summed E-state index contributed by atoms with van der Waals surface area (Å²) < 4.78 is 24.5. The molecular formula is C17H21N3O3S2. The van der Waals surface area contributed by atoms with E-state index in [2.05, 4.69) is 15.7 Å². The summed E-state index contributed by atoms with van der Waals surface area (Å²) in [6.45, 7) is 1.24. The molecule has 0 bridgehead atoms. The second-order valence-corrected chi connectivity index (χ2v) is 9.01. The Labute approximate surface area is 151 Å². The number of carbonyl (C=O) groups excluding carboxylic acids is 1. The average molecular weight is 380 g/mol. The van der Waals surface area contributed by atoms with Gasteiger partial charge in [0.1, 0.15) is 0 Å². The number of amides is 1. The minimum absolute atomic E-state index is 0.0194. The third kappa shape index (κ3) is 4.65. The zero-order chi connectivity index (χ0) is 17.9. The first-order valence-electron chi connectivity index (χ1n) is 8.13. The quantitative estimate of drug-likeness (QED) is 0.863. The van der Waals surface area contributed by atoms with Crippen molar-refractivity contribution < 1.29 is 13.2 Å². The zero-order valence-electron chi connectivity index (χ0n) is 14.0. The SMILES string of the molecule is CS(=O)(=O)N1CCC(C(=O)NCc2cncc(-c3ccsc3)c2)CC1. The number of aromatic nitrogens is 1. The first-order chi connectivity index (χ1) is 11.9. The minimum atomic E-state index is -3.16. The van der Waals surface area contributed by atoms with E-state index in [0.717, 1.165) is 16.7 Å². The van der Waals surface area contributed by atoms with Crippen LogP contribution in [0.1, 0.15) is 18.4 Å². The van der Waals surface area contributed by atoms with E-state index in [0.29, 0.717) is 32.5 Å². The second kappa shape index (κ2) is 7.63. The Morgan fingerprint density at radius 1 is 1.32 bits per heavy atom. The molecule has 134 valence electrons. The number of hydrogen-bond acceptors (Lipinski definition) is 5. The van der Waals surface area contributed by atoms with Crippen LogP contribution in [0.15, 0.2) is 35.3 Å². The lowest BCUT2D eigenvalue weighted by atomic mass is 9.97. The number of nitrogens with one attached hydrogen (secondary N) is 1. The van der Waals surface area contributed by atoms with Gasteiger partial charge in [-0.1, -0.05) is 0 Å². The summed E-state index contributed by atoms with van der Waals surface area (Å²) in [6.07, 6.45) is 5.90. The van der Waals surface area contributed by atoms with Gasteiger partial charge in [-0.25, -0.2) is 12.7 Å². The molecule has 1 aliphatic heterocycles. The Bertz CT molecular complexity index is 827. The van der Waals surface area contributed by atoms with Gasteiger partial charge < -0.3 is 5.32 Å². The van der Waals surface area contributed by atoms with Crippen molar-refractivity contribution in [1.82, 2.24) is 14.6 Å². The maximum Gasteiger partial charge on any atom is 0.223 e. The van der Waals surface area contributed by atoms with Crippen LogP contribution in [0.25, 0.3) is 11.1 Å². The monoisotopic (exact) mass is 379 g/mol. The van der Waals surface area contributed by atoms with Gasteiger partial charge in [0.25, 0.3) is 0 Å². The molecule has 25 heavy (non-hydrogen) atoms. The molecule has 0 aliphatic carbocycles. The maximum atomic E-state index is 12.3. The van der Waals surface area contributed by atoms with Crippen molar-refractivity contribution in [1.29, 1.82) is 0 Å². The summed E-state index contributed by atoms with van der Waals surface area (Å²) in [7, 11) is -3.16. The Morgan fingerprint density at radius 2 is 2.08 bits per heavy atom. The first-order valence-corrected chi connectivity index (χ1v) is 10.9. The Kier molecular flexibility index (Phi) is 5.51. The largest absolute Gasteiger partial charge is 0.352 e. The highest BCUT2D eigenvalue weighted by Gasteiger charge is 2.28. The molecule has 0 radical (unpaired) electrons. The van der Waals surface area contributed by atoms with Crippen molar-refractivity contribution in [2.24, 2.45) is 5.92 Å². The maximum absolute atomic E-state index is 12.3. The lowest BCUT2D eigenvalue weighted by Gasteiger charge is -2.29. The molecule has 1 N–H and O–H groups in total. The number of sulfonamides is 1. The van der Waals surface area contributed by atoms with E-state index in [4.69, 9.17) is 0 Å². The molecule has 1 aliphatic rings. The molecule has 8 heteroatoms. The third-order valence-electron chi connectivity index (χ3n) is 4.41. The molecule has 1 saturated heterocycles. The summed E-state index contributed by atoms with van der Waals surface area (Å²) >= 11 is 1.63. The number of thiophene rings is 1. The summed E-state index contributed by atoms with van der Waals surface area (Å²) in [5, 5.41) is 7.04. The molecule has 0 unspecified atom stereocenters. The van der Waals surface area contributed by atoms with E-state index < -0.39 is 10.0 Å². The first kappa shape index (κ1) is 18.0. The molecule has 1 amide bonds. The highest BCUT2D eigenvalue weighted by molar-refractivity contribution is 7.88. The van der Waals surface area contributed by atoms with Crippen LogP contribution in [0, 0.1) is 5.92 Å². The van der Waals surface area contributed by atoms with E-state index in [-0.39, 0.29) is 11.8 Å². The van der Waals surface area contributed by atoms with Crippen molar-refractivity contribution in [3.8, 4) is 11.1 Å². The lowest BCUT2D eigenvalue weighted by molar-refractivity contribution is -0.126. The molecule has 6 nitrogen and oxygen atoms in total. The lowest BCUT2D eigenvalue weighted by Crippen LogP contribution is -2.42. The fourth-order valence-corrected chi connectivity index (χ4v) is 4.49. The highest BCUT2D eigenvalue weighted by atomic mass is 32.2.